The van der Waals surface area contributed by atoms with Crippen molar-refractivity contribution >= 4 is 24.1 Å². The lowest BCUT2D eigenvalue weighted by Crippen LogP contribution is -2.47. The first-order chi connectivity index (χ1) is 16.0. The van der Waals surface area contributed by atoms with Gasteiger partial charge in [0.2, 0.25) is 0 Å². The number of carboxylic acid groups (broad SMARTS) is 1. The highest BCUT2D eigenvalue weighted by atomic mass is 16.6. The van der Waals surface area contributed by atoms with Gasteiger partial charge in [0, 0.05) is 0 Å². The van der Waals surface area contributed by atoms with Gasteiger partial charge in [-0.1, -0.05) is 7.43 Å². The normalized spacial score (nSPS) is 30.3. The van der Waals surface area contributed by atoms with E-state index in [0.29, 0.717) is 24.7 Å². The maximum Gasteiger partial charge on any atom is 0.408 e. The molecule has 0 aromatic carbocycles. The standard InChI is InChI=1S/C13H21NO4.C12H19NO4.CH4/c1-12(2,3)18-11(16)14-13(10(15)17-4)7-9(13)8-5-6-8;1-11(2,3)17-10(16)13-12(9(14)15)6-8(12)7-4-5-7;/h8-9H,5-7H2,1-4H3,(H,14,16);7-8H,4-6H2,1-3H3,(H,13,16)(H,14,15);1H4/t9-,13+;8-,12+;/m00./s1. The molecule has 0 spiro atoms. The zero-order valence-corrected chi connectivity index (χ0v) is 21.9. The van der Waals surface area contributed by atoms with Gasteiger partial charge in [-0.25, -0.2) is 19.2 Å². The summed E-state index contributed by atoms with van der Waals surface area (Å²) >= 11 is 0. The molecule has 0 aliphatic heterocycles. The largest absolute Gasteiger partial charge is 0.479 e. The lowest BCUT2D eigenvalue weighted by atomic mass is 10.1. The lowest BCUT2D eigenvalue weighted by Gasteiger charge is -2.23. The number of hydrogen-bond acceptors (Lipinski definition) is 7. The Balaban J connectivity index is 0.000000247. The highest BCUT2D eigenvalue weighted by Crippen LogP contribution is 2.58. The van der Waals surface area contributed by atoms with Gasteiger partial charge in [-0.2, -0.15) is 0 Å². The first kappa shape index (κ1) is 29.7. The molecule has 4 rings (SSSR count). The Labute approximate surface area is 214 Å². The molecule has 36 heavy (non-hydrogen) atoms. The summed E-state index contributed by atoms with van der Waals surface area (Å²) in [5, 5.41) is 14.5. The molecule has 206 valence electrons. The third kappa shape index (κ3) is 7.26. The first-order valence-corrected chi connectivity index (χ1v) is 12.4. The molecule has 0 saturated heterocycles. The van der Waals surface area contributed by atoms with E-state index in [9.17, 15) is 24.3 Å². The second-order valence-electron chi connectivity index (χ2n) is 12.3. The molecule has 4 atom stereocenters. The maximum absolute atomic E-state index is 11.8. The summed E-state index contributed by atoms with van der Waals surface area (Å²) < 4.78 is 15.1. The average molecular weight is 513 g/mol. The van der Waals surface area contributed by atoms with Crippen LogP contribution in [0.15, 0.2) is 0 Å². The summed E-state index contributed by atoms with van der Waals surface area (Å²) in [4.78, 5) is 46.5. The van der Waals surface area contributed by atoms with Crippen LogP contribution >= 0.6 is 0 Å². The van der Waals surface area contributed by atoms with Crippen LogP contribution < -0.4 is 10.6 Å². The Morgan fingerprint density at radius 1 is 0.750 bits per heavy atom. The SMILES string of the molecule is C.CC(C)(C)OC(=O)N[C@]1(C(=O)O)C[C@H]1C1CC1.COC(=O)[C@@]1(NC(=O)OC(C)(C)C)C[C@H]1C1CC1. The Morgan fingerprint density at radius 2 is 1.11 bits per heavy atom. The van der Waals surface area contributed by atoms with Gasteiger partial charge in [0.1, 0.15) is 22.3 Å². The fraction of sp³-hybridized carbons (Fsp3) is 0.846. The molecule has 0 radical (unpaired) electrons. The van der Waals surface area contributed by atoms with Gasteiger partial charge >= 0.3 is 24.1 Å². The number of methoxy groups -OCH3 is 1. The quantitative estimate of drug-likeness (QED) is 0.354. The summed E-state index contributed by atoms with van der Waals surface area (Å²) in [6, 6.07) is 0. The molecule has 4 saturated carbocycles. The Morgan fingerprint density at radius 3 is 1.44 bits per heavy atom. The number of carbonyl (C=O) groups excluding carboxylic acids is 3. The number of alkyl carbamates (subject to hydrolysis) is 2. The molecule has 3 N–H and O–H groups in total. The highest BCUT2D eigenvalue weighted by molar-refractivity contribution is 5.90. The minimum absolute atomic E-state index is 0. The average Bonchev–Trinajstić information content (AvgIpc) is 3.53. The van der Waals surface area contributed by atoms with Crippen molar-refractivity contribution in [3.8, 4) is 0 Å². The summed E-state index contributed by atoms with van der Waals surface area (Å²) in [6.07, 6.45) is 4.46. The van der Waals surface area contributed by atoms with E-state index in [0.717, 1.165) is 25.7 Å². The Bertz CT molecular complexity index is 868. The van der Waals surface area contributed by atoms with Crippen LogP contribution in [0, 0.1) is 23.7 Å². The van der Waals surface area contributed by atoms with Gasteiger partial charge in [-0.15, -0.1) is 0 Å². The molecule has 0 heterocycles. The van der Waals surface area contributed by atoms with Crippen molar-refractivity contribution in [3.63, 3.8) is 0 Å². The molecule has 10 heteroatoms. The number of carbonyl (C=O) groups is 4. The number of rotatable bonds is 6. The van der Waals surface area contributed by atoms with E-state index in [1.54, 1.807) is 41.5 Å². The van der Waals surface area contributed by atoms with Crippen LogP contribution in [0.2, 0.25) is 0 Å². The molecule has 0 bridgehead atoms. The van der Waals surface area contributed by atoms with Crippen molar-refractivity contribution in [1.82, 2.24) is 10.6 Å². The second-order valence-corrected chi connectivity index (χ2v) is 12.3. The van der Waals surface area contributed by atoms with Crippen LogP contribution in [0.5, 0.6) is 0 Å². The number of esters is 1. The van der Waals surface area contributed by atoms with Crippen LogP contribution in [0.1, 0.15) is 87.5 Å². The molecule has 4 aliphatic carbocycles. The molecule has 0 aromatic heterocycles. The number of aliphatic carboxylic acids is 1. The van der Waals surface area contributed by atoms with E-state index in [1.165, 1.54) is 7.11 Å². The first-order valence-electron chi connectivity index (χ1n) is 12.4. The van der Waals surface area contributed by atoms with Crippen molar-refractivity contribution in [2.45, 2.75) is 110 Å². The topological polar surface area (TPSA) is 140 Å². The van der Waals surface area contributed by atoms with E-state index in [1.807, 2.05) is 0 Å². The van der Waals surface area contributed by atoms with Crippen molar-refractivity contribution in [1.29, 1.82) is 0 Å². The number of ether oxygens (including phenoxy) is 3. The van der Waals surface area contributed by atoms with E-state index in [4.69, 9.17) is 14.2 Å². The van der Waals surface area contributed by atoms with Crippen LogP contribution in [-0.4, -0.2) is 58.6 Å². The predicted octanol–water partition coefficient (Wildman–Crippen LogP) is 4.25. The smallest absolute Gasteiger partial charge is 0.408 e. The molecule has 0 unspecified atom stereocenters. The van der Waals surface area contributed by atoms with Gasteiger partial charge in [-0.05, 0) is 104 Å². The predicted molar refractivity (Wildman–Crippen MR) is 132 cm³/mol. The number of nitrogens with one attached hydrogen (secondary N) is 2. The third-order valence-corrected chi connectivity index (χ3v) is 6.79. The highest BCUT2D eigenvalue weighted by Gasteiger charge is 2.67. The summed E-state index contributed by atoms with van der Waals surface area (Å²) in [5.41, 5.74) is -3.07. The third-order valence-electron chi connectivity index (χ3n) is 6.79. The van der Waals surface area contributed by atoms with E-state index in [-0.39, 0.29) is 25.2 Å². The summed E-state index contributed by atoms with van der Waals surface area (Å²) in [5.74, 6) is 0.0376. The Kier molecular flexibility index (Phi) is 8.33. The number of hydrogen-bond donors (Lipinski definition) is 3. The summed E-state index contributed by atoms with van der Waals surface area (Å²) in [7, 11) is 1.35. The van der Waals surface area contributed by atoms with Crippen molar-refractivity contribution in [2.75, 3.05) is 7.11 Å². The number of carboxylic acids is 1. The molecule has 4 aliphatic rings. The fourth-order valence-corrected chi connectivity index (χ4v) is 4.74. The van der Waals surface area contributed by atoms with Crippen LogP contribution in [0.3, 0.4) is 0 Å². The maximum atomic E-state index is 11.8. The zero-order valence-electron chi connectivity index (χ0n) is 21.9. The molecule has 2 amide bonds. The Hall–Kier alpha value is -2.52. The lowest BCUT2D eigenvalue weighted by molar-refractivity contribution is -0.145. The van der Waals surface area contributed by atoms with Gasteiger partial charge < -0.3 is 30.0 Å². The van der Waals surface area contributed by atoms with E-state index < -0.39 is 40.4 Å². The summed E-state index contributed by atoms with van der Waals surface area (Å²) in [6.45, 7) is 10.6. The number of amides is 2. The van der Waals surface area contributed by atoms with E-state index >= 15 is 0 Å². The minimum Gasteiger partial charge on any atom is -0.479 e. The van der Waals surface area contributed by atoms with Crippen LogP contribution in [0.4, 0.5) is 9.59 Å². The zero-order chi connectivity index (χ0) is 26.4. The van der Waals surface area contributed by atoms with Crippen LogP contribution in [0.25, 0.3) is 0 Å². The van der Waals surface area contributed by atoms with Gasteiger partial charge in [0.25, 0.3) is 0 Å². The molecular formula is C26H44N2O8. The fourth-order valence-electron chi connectivity index (χ4n) is 4.74. The van der Waals surface area contributed by atoms with Gasteiger partial charge in [0.15, 0.2) is 0 Å². The molecule has 4 fully saturated rings. The van der Waals surface area contributed by atoms with Crippen molar-refractivity contribution < 1.29 is 38.5 Å². The van der Waals surface area contributed by atoms with Crippen molar-refractivity contribution in [3.05, 3.63) is 0 Å². The van der Waals surface area contributed by atoms with Crippen LogP contribution in [-0.2, 0) is 23.8 Å². The monoisotopic (exact) mass is 512 g/mol. The second kappa shape index (κ2) is 10.1. The van der Waals surface area contributed by atoms with Gasteiger partial charge in [0.05, 0.1) is 7.11 Å². The molecule has 0 aromatic rings. The minimum atomic E-state index is -1.07. The van der Waals surface area contributed by atoms with Gasteiger partial charge in [-0.3, -0.25) is 0 Å². The molecule has 10 nitrogen and oxygen atoms in total. The van der Waals surface area contributed by atoms with Crippen molar-refractivity contribution in [2.24, 2.45) is 23.7 Å². The molecular weight excluding hydrogens is 468 g/mol. The van der Waals surface area contributed by atoms with E-state index in [2.05, 4.69) is 10.6 Å².